The fourth-order valence-corrected chi connectivity index (χ4v) is 3.20. The van der Waals surface area contributed by atoms with Crippen molar-refractivity contribution in [1.29, 1.82) is 0 Å². The third-order valence-electron chi connectivity index (χ3n) is 3.66. The van der Waals surface area contributed by atoms with Crippen LogP contribution in [0.2, 0.25) is 0 Å². The lowest BCUT2D eigenvalue weighted by molar-refractivity contribution is 0.145. The Bertz CT molecular complexity index is 614. The average molecular weight is 491 g/mol. The number of thiophene rings is 1. The molecule has 5 nitrogen and oxygen atoms in total. The van der Waals surface area contributed by atoms with Crippen molar-refractivity contribution in [3.8, 4) is 0 Å². The van der Waals surface area contributed by atoms with Gasteiger partial charge in [-0.3, -0.25) is 0 Å². The number of guanidine groups is 1. The molecule has 0 aromatic carbocycles. The molecule has 7 heteroatoms. The van der Waals surface area contributed by atoms with Gasteiger partial charge in [0.1, 0.15) is 5.76 Å². The smallest absolute Gasteiger partial charge is 0.191 e. The molecule has 146 valence electrons. The van der Waals surface area contributed by atoms with Crippen LogP contribution in [0, 0.1) is 0 Å². The number of hydrogen-bond acceptors (Lipinski definition) is 4. The first kappa shape index (κ1) is 23.0. The topological polar surface area (TPSA) is 58.8 Å². The van der Waals surface area contributed by atoms with Crippen LogP contribution in [-0.2, 0) is 24.1 Å². The maximum Gasteiger partial charge on any atom is 0.191 e. The molecule has 0 aliphatic carbocycles. The molecular formula is C19H30IN3O2S. The second-order valence-electron chi connectivity index (χ2n) is 5.62. The molecule has 0 saturated heterocycles. The Hall–Kier alpha value is -1.06. The van der Waals surface area contributed by atoms with Crippen molar-refractivity contribution >= 4 is 41.3 Å². The Morgan fingerprint density at radius 1 is 1.15 bits per heavy atom. The van der Waals surface area contributed by atoms with E-state index in [9.17, 15) is 0 Å². The minimum Gasteiger partial charge on any atom is -0.469 e. The number of aryl methyl sites for hydroxylation is 1. The highest BCUT2D eigenvalue weighted by molar-refractivity contribution is 14.0. The highest BCUT2D eigenvalue weighted by Crippen LogP contribution is 2.17. The Morgan fingerprint density at radius 3 is 2.65 bits per heavy atom. The standard InChI is InChI=1S/C19H29N3O2S.HI/c1-3-17-8-9-18(25-17)15-22-19(20-11-6-13-23-4-2)21-12-10-16-7-5-14-24-16;/h5,7-9,14H,3-4,6,10-13,15H2,1-2H3,(H2,20,21,22);1H. The van der Waals surface area contributed by atoms with Crippen molar-refractivity contribution in [3.05, 3.63) is 46.0 Å². The molecule has 2 aromatic heterocycles. The largest absolute Gasteiger partial charge is 0.469 e. The van der Waals surface area contributed by atoms with Crippen LogP contribution < -0.4 is 10.6 Å². The van der Waals surface area contributed by atoms with E-state index in [1.807, 2.05) is 30.4 Å². The number of ether oxygens (including phenoxy) is 1. The first-order valence-corrected chi connectivity index (χ1v) is 9.83. The Balaban J connectivity index is 0.00000338. The van der Waals surface area contributed by atoms with Gasteiger partial charge in [0.2, 0.25) is 0 Å². The summed E-state index contributed by atoms with van der Waals surface area (Å²) in [5.41, 5.74) is 0. The van der Waals surface area contributed by atoms with Crippen molar-refractivity contribution in [2.75, 3.05) is 26.3 Å². The summed E-state index contributed by atoms with van der Waals surface area (Å²) in [6.45, 7) is 8.07. The lowest BCUT2D eigenvalue weighted by Gasteiger charge is -2.12. The molecule has 0 bridgehead atoms. The van der Waals surface area contributed by atoms with Gasteiger partial charge < -0.3 is 19.8 Å². The molecule has 0 radical (unpaired) electrons. The maximum atomic E-state index is 5.38. The van der Waals surface area contributed by atoms with E-state index in [1.165, 1.54) is 9.75 Å². The van der Waals surface area contributed by atoms with Gasteiger partial charge >= 0.3 is 0 Å². The summed E-state index contributed by atoms with van der Waals surface area (Å²) in [7, 11) is 0. The molecule has 0 unspecified atom stereocenters. The molecule has 0 aliphatic heterocycles. The number of rotatable bonds is 11. The summed E-state index contributed by atoms with van der Waals surface area (Å²) in [5.74, 6) is 1.82. The zero-order valence-electron chi connectivity index (χ0n) is 15.6. The predicted molar refractivity (Wildman–Crippen MR) is 120 cm³/mol. The number of halogens is 1. The lowest BCUT2D eigenvalue weighted by atomic mass is 10.3. The van der Waals surface area contributed by atoms with Crippen molar-refractivity contribution in [2.24, 2.45) is 4.99 Å². The van der Waals surface area contributed by atoms with Crippen molar-refractivity contribution in [3.63, 3.8) is 0 Å². The number of nitrogens with zero attached hydrogens (tertiary/aromatic N) is 1. The first-order valence-electron chi connectivity index (χ1n) is 9.01. The van der Waals surface area contributed by atoms with Gasteiger partial charge in [0.25, 0.3) is 0 Å². The van der Waals surface area contributed by atoms with Crippen LogP contribution in [0.4, 0.5) is 0 Å². The van der Waals surface area contributed by atoms with Gasteiger partial charge in [-0.1, -0.05) is 6.92 Å². The summed E-state index contributed by atoms with van der Waals surface area (Å²) in [4.78, 5) is 7.41. The molecule has 2 heterocycles. The monoisotopic (exact) mass is 491 g/mol. The summed E-state index contributed by atoms with van der Waals surface area (Å²) < 4.78 is 10.7. The predicted octanol–water partition coefficient (Wildman–Crippen LogP) is 4.23. The maximum absolute atomic E-state index is 5.38. The highest BCUT2D eigenvalue weighted by Gasteiger charge is 2.02. The molecule has 0 atom stereocenters. The summed E-state index contributed by atoms with van der Waals surface area (Å²) in [5, 5.41) is 6.77. The van der Waals surface area contributed by atoms with Crippen molar-refractivity contribution in [1.82, 2.24) is 10.6 Å². The van der Waals surface area contributed by atoms with Gasteiger partial charge in [0.05, 0.1) is 12.8 Å². The minimum absolute atomic E-state index is 0. The van der Waals surface area contributed by atoms with E-state index in [4.69, 9.17) is 14.1 Å². The number of aliphatic imine (C=N–C) groups is 1. The molecule has 0 amide bonds. The van der Waals surface area contributed by atoms with Crippen LogP contribution in [0.5, 0.6) is 0 Å². The second kappa shape index (κ2) is 14.1. The highest BCUT2D eigenvalue weighted by atomic mass is 127. The quantitative estimate of drug-likeness (QED) is 0.214. The second-order valence-corrected chi connectivity index (χ2v) is 6.87. The van der Waals surface area contributed by atoms with Gasteiger partial charge in [-0.25, -0.2) is 4.99 Å². The van der Waals surface area contributed by atoms with Crippen molar-refractivity contribution < 1.29 is 9.15 Å². The molecule has 2 aromatic rings. The van der Waals surface area contributed by atoms with Crippen LogP contribution in [-0.4, -0.2) is 32.3 Å². The van der Waals surface area contributed by atoms with E-state index in [-0.39, 0.29) is 24.0 Å². The molecule has 26 heavy (non-hydrogen) atoms. The number of furan rings is 1. The average Bonchev–Trinajstić information content (AvgIpc) is 3.30. The normalized spacial score (nSPS) is 11.2. The van der Waals surface area contributed by atoms with Gasteiger partial charge in [0.15, 0.2) is 5.96 Å². The number of hydrogen-bond donors (Lipinski definition) is 2. The van der Waals surface area contributed by atoms with E-state index in [1.54, 1.807) is 6.26 Å². The van der Waals surface area contributed by atoms with E-state index in [0.29, 0.717) is 6.54 Å². The fraction of sp³-hybridized carbons (Fsp3) is 0.526. The first-order chi connectivity index (χ1) is 12.3. The van der Waals surface area contributed by atoms with Crippen LogP contribution in [0.15, 0.2) is 39.9 Å². The van der Waals surface area contributed by atoms with E-state index >= 15 is 0 Å². The van der Waals surface area contributed by atoms with Crippen LogP contribution in [0.3, 0.4) is 0 Å². The van der Waals surface area contributed by atoms with Crippen LogP contribution >= 0.6 is 35.3 Å². The van der Waals surface area contributed by atoms with Gasteiger partial charge in [0, 0.05) is 42.5 Å². The Kier molecular flexibility index (Phi) is 12.4. The molecule has 2 N–H and O–H groups in total. The van der Waals surface area contributed by atoms with Crippen molar-refractivity contribution in [2.45, 2.75) is 39.7 Å². The Morgan fingerprint density at radius 2 is 1.96 bits per heavy atom. The molecule has 0 aliphatic rings. The summed E-state index contributed by atoms with van der Waals surface area (Å²) >= 11 is 1.83. The summed E-state index contributed by atoms with van der Waals surface area (Å²) in [6.07, 6.45) is 4.59. The van der Waals surface area contributed by atoms with Gasteiger partial charge in [-0.15, -0.1) is 35.3 Å². The molecule has 0 fully saturated rings. The zero-order valence-corrected chi connectivity index (χ0v) is 18.8. The van der Waals surface area contributed by atoms with Crippen LogP contribution in [0.25, 0.3) is 0 Å². The molecule has 0 saturated carbocycles. The molecular weight excluding hydrogens is 461 g/mol. The van der Waals surface area contributed by atoms with E-state index in [0.717, 1.165) is 57.3 Å². The van der Waals surface area contributed by atoms with Crippen LogP contribution in [0.1, 0.15) is 35.8 Å². The third kappa shape index (κ3) is 9.05. The minimum atomic E-state index is 0. The fourth-order valence-electron chi connectivity index (χ4n) is 2.31. The van der Waals surface area contributed by atoms with E-state index < -0.39 is 0 Å². The zero-order chi connectivity index (χ0) is 17.7. The lowest BCUT2D eigenvalue weighted by Crippen LogP contribution is -2.39. The van der Waals surface area contributed by atoms with E-state index in [2.05, 4.69) is 29.7 Å². The van der Waals surface area contributed by atoms with Gasteiger partial charge in [-0.05, 0) is 44.0 Å². The SMILES string of the molecule is CCOCCCNC(=NCc1ccc(CC)s1)NCCc1ccco1.I. The number of nitrogens with one attached hydrogen (secondary N) is 2. The molecule has 0 spiro atoms. The summed E-state index contributed by atoms with van der Waals surface area (Å²) in [6, 6.07) is 8.27. The Labute approximate surface area is 177 Å². The van der Waals surface area contributed by atoms with Gasteiger partial charge in [-0.2, -0.15) is 0 Å². The molecule has 2 rings (SSSR count). The third-order valence-corrected chi connectivity index (χ3v) is 4.88.